The normalized spacial score (nSPS) is 17.1. The van der Waals surface area contributed by atoms with Crippen LogP contribution >= 0.6 is 0 Å². The molecule has 0 radical (unpaired) electrons. The van der Waals surface area contributed by atoms with Gasteiger partial charge in [-0.05, 0) is 43.5 Å². The molecule has 0 bridgehead atoms. The van der Waals surface area contributed by atoms with E-state index in [1.54, 1.807) is 30.3 Å². The van der Waals surface area contributed by atoms with E-state index in [-0.39, 0.29) is 48.0 Å². The van der Waals surface area contributed by atoms with Gasteiger partial charge in [-0.3, -0.25) is 19.0 Å². The number of aryl methyl sites for hydroxylation is 2. The zero-order valence-corrected chi connectivity index (χ0v) is 39.4. The van der Waals surface area contributed by atoms with Gasteiger partial charge < -0.3 is 29.4 Å². The van der Waals surface area contributed by atoms with Crippen LogP contribution < -0.4 is 10.1 Å². The van der Waals surface area contributed by atoms with Crippen LogP contribution in [0.3, 0.4) is 0 Å². The number of esters is 3. The van der Waals surface area contributed by atoms with Crippen molar-refractivity contribution in [1.29, 1.82) is 0 Å². The molecule has 0 saturated carbocycles. The topological polar surface area (TPSA) is 181 Å². The van der Waals surface area contributed by atoms with Crippen molar-refractivity contribution in [2.24, 2.45) is 0 Å². The van der Waals surface area contributed by atoms with Crippen molar-refractivity contribution in [3.8, 4) is 18.1 Å². The highest BCUT2D eigenvalue weighted by Gasteiger charge is 2.49. The first kappa shape index (κ1) is 51.3. The maximum atomic E-state index is 15.1. The van der Waals surface area contributed by atoms with E-state index in [1.807, 2.05) is 33.8 Å². The third-order valence-electron chi connectivity index (χ3n) is 12.0. The summed E-state index contributed by atoms with van der Waals surface area (Å²) in [5.74, 6) is 0.463. The van der Waals surface area contributed by atoms with Gasteiger partial charge in [-0.1, -0.05) is 128 Å². The van der Waals surface area contributed by atoms with Crippen LogP contribution in [0.25, 0.3) is 11.2 Å². The molecule has 1 fully saturated rings. The van der Waals surface area contributed by atoms with Crippen LogP contribution in [0.1, 0.15) is 169 Å². The average molecular weight is 912 g/mol. The second-order valence-corrected chi connectivity index (χ2v) is 18.1. The largest absolute Gasteiger partial charge is 0.461 e. The van der Waals surface area contributed by atoms with Crippen molar-refractivity contribution in [2.45, 2.75) is 174 Å². The van der Waals surface area contributed by atoms with E-state index in [1.165, 1.54) is 82.0 Å². The summed E-state index contributed by atoms with van der Waals surface area (Å²) in [5, 5.41) is 13.9. The Balaban J connectivity index is 1.14. The molecule has 0 spiro atoms. The Morgan fingerprint density at radius 3 is 2.27 bits per heavy atom. The Labute approximate surface area is 387 Å². The first-order valence-electron chi connectivity index (χ1n) is 23.3. The summed E-state index contributed by atoms with van der Waals surface area (Å²) in [4.78, 5) is 63.6. The van der Waals surface area contributed by atoms with Crippen molar-refractivity contribution in [3.05, 3.63) is 76.6 Å². The summed E-state index contributed by atoms with van der Waals surface area (Å²) in [5.41, 5.74) is 0.320. The van der Waals surface area contributed by atoms with E-state index in [0.717, 1.165) is 30.4 Å². The molecule has 2 N–H and O–H groups in total. The number of amides is 1. The van der Waals surface area contributed by atoms with Gasteiger partial charge in [0.05, 0.1) is 11.9 Å². The number of unbranched alkanes of at least 4 members (excludes halogenated alkanes) is 12. The van der Waals surface area contributed by atoms with Crippen LogP contribution in [-0.4, -0.2) is 66.8 Å². The molecule has 1 aliphatic rings. The SMILES string of the molecule is C#C[C@]1(COC(=O)c2ccccc2COC(=O)CCCCCCCCCCCCCCC)O[C@@H](n2cnc3c(NC(=O)CC(C)(C)c4c(C)cc(C)cc4OC(C)=O)nc(F)nc32)C[C@@H]1O. The number of imidazole rings is 1. The summed E-state index contributed by atoms with van der Waals surface area (Å²) in [7, 11) is 0. The van der Waals surface area contributed by atoms with E-state index < -0.39 is 53.9 Å². The Kier molecular flexibility index (Phi) is 18.8. The van der Waals surface area contributed by atoms with Crippen LogP contribution in [0.15, 0.2) is 42.7 Å². The number of hydrogen-bond donors (Lipinski definition) is 2. The fraction of sp³-hybridized carbons (Fsp3) is 0.549. The van der Waals surface area contributed by atoms with Gasteiger partial charge >= 0.3 is 24.0 Å². The molecule has 2 aromatic carbocycles. The van der Waals surface area contributed by atoms with Crippen molar-refractivity contribution in [2.75, 3.05) is 11.9 Å². The number of benzene rings is 2. The molecule has 3 atom stereocenters. The van der Waals surface area contributed by atoms with Crippen molar-refractivity contribution >= 4 is 40.8 Å². The van der Waals surface area contributed by atoms with Crippen molar-refractivity contribution in [3.63, 3.8) is 0 Å². The maximum Gasteiger partial charge on any atom is 0.338 e. The van der Waals surface area contributed by atoms with Gasteiger partial charge in [-0.2, -0.15) is 14.4 Å². The molecule has 1 amide bonds. The molecule has 1 saturated heterocycles. The van der Waals surface area contributed by atoms with Crippen LogP contribution in [-0.2, 0) is 40.6 Å². The van der Waals surface area contributed by atoms with Gasteiger partial charge in [-0.25, -0.2) is 9.78 Å². The van der Waals surface area contributed by atoms with E-state index in [2.05, 4.69) is 33.1 Å². The lowest BCUT2D eigenvalue weighted by Crippen LogP contribution is -2.43. The fourth-order valence-corrected chi connectivity index (χ4v) is 8.72. The van der Waals surface area contributed by atoms with Crippen LogP contribution in [0.4, 0.5) is 10.2 Å². The van der Waals surface area contributed by atoms with Gasteiger partial charge in [0.15, 0.2) is 22.6 Å². The predicted octanol–water partition coefficient (Wildman–Crippen LogP) is 9.85. The lowest BCUT2D eigenvalue weighted by molar-refractivity contribution is -0.145. The first-order valence-corrected chi connectivity index (χ1v) is 23.3. The monoisotopic (exact) mass is 911 g/mol. The summed E-state index contributed by atoms with van der Waals surface area (Å²) >= 11 is 0. The average Bonchev–Trinajstić information content (AvgIpc) is 3.83. The van der Waals surface area contributed by atoms with Gasteiger partial charge in [0.2, 0.25) is 5.91 Å². The molecule has 3 heterocycles. The Morgan fingerprint density at radius 1 is 0.970 bits per heavy atom. The zero-order chi connectivity index (χ0) is 47.9. The van der Waals surface area contributed by atoms with Gasteiger partial charge in [0, 0.05) is 42.7 Å². The number of nitrogens with zero attached hydrogens (tertiary/aromatic N) is 4. The molecular formula is C51H66FN5O9. The molecule has 0 aliphatic carbocycles. The molecule has 4 aromatic rings. The Morgan fingerprint density at radius 2 is 1.62 bits per heavy atom. The summed E-state index contributed by atoms with van der Waals surface area (Å²) in [6.07, 6.45) is 19.4. The lowest BCUT2D eigenvalue weighted by atomic mass is 9.78. The number of carbonyl (C=O) groups excluding carboxylic acids is 4. The number of aromatic nitrogens is 4. The second kappa shape index (κ2) is 24.2. The number of aliphatic hydroxyl groups excluding tert-OH is 1. The first-order chi connectivity index (χ1) is 31.6. The number of fused-ring (bicyclic) bond motifs is 1. The van der Waals surface area contributed by atoms with Crippen LogP contribution in [0.2, 0.25) is 0 Å². The number of hydrogen-bond acceptors (Lipinski definition) is 12. The molecule has 66 heavy (non-hydrogen) atoms. The van der Waals surface area contributed by atoms with E-state index in [9.17, 15) is 24.3 Å². The summed E-state index contributed by atoms with van der Waals surface area (Å²) < 4.78 is 39.3. The number of nitrogens with one attached hydrogen (secondary N) is 1. The molecule has 15 heteroatoms. The Bertz CT molecular complexity index is 2360. The van der Waals surface area contributed by atoms with E-state index in [4.69, 9.17) is 25.4 Å². The standard InChI is InChI=1S/C51H66FN5O9/c1-8-10-11-12-13-14-15-16-17-18-19-20-21-26-43(61)63-31-37-24-22-23-25-38(37)48(62)64-32-51(9-2)40(59)29-42(66-51)57-33-53-45-46(55-49(52)56-47(45)57)54-41(60)30-50(6,7)44-35(4)27-34(3)28-39(44)65-36(5)58/h2,22-25,27-28,33,40,42,59H,8,10-21,26,29-32H2,1,3-7H3,(H,54,55,56,60)/t40-,42+,51+/m0/s1. The number of rotatable bonds is 25. The second-order valence-electron chi connectivity index (χ2n) is 18.1. The minimum absolute atomic E-state index is 0.0408. The fourth-order valence-electron chi connectivity index (χ4n) is 8.72. The van der Waals surface area contributed by atoms with Crippen LogP contribution in [0, 0.1) is 32.3 Å². The Hall–Kier alpha value is -5.72. The molecule has 2 aromatic heterocycles. The predicted molar refractivity (Wildman–Crippen MR) is 248 cm³/mol. The quantitative estimate of drug-likeness (QED) is 0.0212. The van der Waals surface area contributed by atoms with Crippen LogP contribution in [0.5, 0.6) is 5.75 Å². The number of ether oxygens (including phenoxy) is 4. The van der Waals surface area contributed by atoms with Crippen molar-refractivity contribution < 1.29 is 47.6 Å². The highest BCUT2D eigenvalue weighted by Crippen LogP contribution is 2.40. The maximum absolute atomic E-state index is 15.1. The molecule has 5 rings (SSSR count). The third kappa shape index (κ3) is 13.9. The highest BCUT2D eigenvalue weighted by atomic mass is 19.1. The van der Waals surface area contributed by atoms with Gasteiger partial charge in [-0.15, -0.1) is 6.42 Å². The van der Waals surface area contributed by atoms with Crippen molar-refractivity contribution in [1.82, 2.24) is 19.5 Å². The van der Waals surface area contributed by atoms with Gasteiger partial charge in [0.1, 0.15) is 31.3 Å². The van der Waals surface area contributed by atoms with E-state index >= 15 is 4.39 Å². The van der Waals surface area contributed by atoms with E-state index in [0.29, 0.717) is 23.3 Å². The smallest absolute Gasteiger partial charge is 0.338 e. The summed E-state index contributed by atoms with van der Waals surface area (Å²) in [6, 6.07) is 10.2. The third-order valence-corrected chi connectivity index (χ3v) is 12.0. The highest BCUT2D eigenvalue weighted by molar-refractivity contribution is 5.97. The molecule has 14 nitrogen and oxygen atoms in total. The number of terminal acetylenes is 1. The molecule has 1 aliphatic heterocycles. The molecular weight excluding hydrogens is 846 g/mol. The number of carbonyl (C=O) groups is 4. The minimum Gasteiger partial charge on any atom is -0.461 e. The number of anilines is 1. The summed E-state index contributed by atoms with van der Waals surface area (Å²) in [6.45, 7) is 10.3. The molecule has 356 valence electrons. The van der Waals surface area contributed by atoms with Gasteiger partial charge in [0.25, 0.3) is 0 Å². The number of halogens is 1. The lowest BCUT2D eigenvalue weighted by Gasteiger charge is -2.29. The minimum atomic E-state index is -1.81. The molecule has 0 unspecified atom stereocenters. The number of aliphatic hydroxyl groups is 1. The zero-order valence-electron chi connectivity index (χ0n) is 39.4.